The van der Waals surface area contributed by atoms with Gasteiger partial charge in [0, 0.05) is 19.2 Å². The van der Waals surface area contributed by atoms with Crippen molar-refractivity contribution in [3.8, 4) is 5.75 Å². The first-order valence-corrected chi connectivity index (χ1v) is 15.7. The number of fused-ring (bicyclic) bond motifs is 3. The molecule has 11 heteroatoms. The van der Waals surface area contributed by atoms with Crippen molar-refractivity contribution < 1.29 is 39.4 Å². The van der Waals surface area contributed by atoms with Gasteiger partial charge in [-0.25, -0.2) is 0 Å². The summed E-state index contributed by atoms with van der Waals surface area (Å²) >= 11 is 0. The van der Waals surface area contributed by atoms with Crippen LogP contribution in [0.25, 0.3) is 11.6 Å². The molecule has 3 heterocycles. The van der Waals surface area contributed by atoms with Crippen LogP contribution in [-0.4, -0.2) is 74.4 Å². The zero-order valence-corrected chi connectivity index (χ0v) is 25.8. The summed E-state index contributed by atoms with van der Waals surface area (Å²) in [6.07, 6.45) is 6.24. The Bertz CT molecular complexity index is 1480. The number of aliphatic hydroxyl groups excluding tert-OH is 1. The molecule has 238 valence electrons. The van der Waals surface area contributed by atoms with E-state index in [0.29, 0.717) is 37.7 Å². The molecule has 45 heavy (non-hydrogen) atoms. The van der Waals surface area contributed by atoms with Crippen LogP contribution in [0.3, 0.4) is 0 Å². The van der Waals surface area contributed by atoms with Crippen molar-refractivity contribution >= 4 is 36.6 Å². The van der Waals surface area contributed by atoms with Gasteiger partial charge in [0.2, 0.25) is 11.8 Å². The Morgan fingerprint density at radius 1 is 1.09 bits per heavy atom. The van der Waals surface area contributed by atoms with Gasteiger partial charge in [0.25, 0.3) is 0 Å². The monoisotopic (exact) mass is 616 g/mol. The standard InChI is InChI=1S/C34H41BN2O8/c1-20-14-22(15-21(2)32(20)41)16-23(27-8-5-6-12-36-27)10-11-28-30-24(19-38)17-25-31(26(30)18-35(44)45-28)34(43)37(33(25)42)13-7-3-4-9-29(39)40/h5-6,8,12,14-16,25-26,28,31,38,41,44H,3-4,7,9-11,13,17-19H2,1-2H3,(H,39,40)/b23-16-/t25-,26+,28-,31-/m1/s1. The van der Waals surface area contributed by atoms with Crippen LogP contribution in [0.2, 0.25) is 6.32 Å². The minimum absolute atomic E-state index is 0.0487. The molecule has 1 aromatic heterocycles. The lowest BCUT2D eigenvalue weighted by molar-refractivity contribution is -0.141. The number of likely N-dealkylation sites (tertiary alicyclic amines) is 1. The fourth-order valence-electron chi connectivity index (χ4n) is 7.31. The number of aliphatic hydroxyl groups is 1. The number of rotatable bonds is 12. The van der Waals surface area contributed by atoms with E-state index in [2.05, 4.69) is 4.98 Å². The largest absolute Gasteiger partial charge is 0.507 e. The zero-order chi connectivity index (χ0) is 32.2. The highest BCUT2D eigenvalue weighted by atomic mass is 16.5. The molecular formula is C34H41BN2O8. The van der Waals surface area contributed by atoms with Gasteiger partial charge in [-0.1, -0.05) is 12.5 Å². The van der Waals surface area contributed by atoms with Gasteiger partial charge >= 0.3 is 13.1 Å². The average molecular weight is 617 g/mol. The number of benzene rings is 1. The molecule has 2 saturated heterocycles. The van der Waals surface area contributed by atoms with E-state index in [1.165, 1.54) is 4.90 Å². The number of aromatic nitrogens is 1. The van der Waals surface area contributed by atoms with Crippen LogP contribution in [0, 0.1) is 31.6 Å². The number of hydrogen-bond acceptors (Lipinski definition) is 8. The minimum Gasteiger partial charge on any atom is -0.507 e. The fraction of sp³-hybridized carbons (Fsp3) is 0.471. The van der Waals surface area contributed by atoms with Gasteiger partial charge in [0.05, 0.1) is 30.2 Å². The minimum atomic E-state index is -1.12. The van der Waals surface area contributed by atoms with E-state index in [1.807, 2.05) is 50.3 Å². The van der Waals surface area contributed by atoms with Crippen molar-refractivity contribution in [2.24, 2.45) is 17.8 Å². The number of amides is 2. The van der Waals surface area contributed by atoms with Gasteiger partial charge in [0.1, 0.15) is 5.75 Å². The molecule has 4 N–H and O–H groups in total. The number of hydrogen-bond donors (Lipinski definition) is 4. The van der Waals surface area contributed by atoms with Crippen LogP contribution < -0.4 is 0 Å². The van der Waals surface area contributed by atoms with E-state index in [0.717, 1.165) is 33.5 Å². The SMILES string of the molecule is Cc1cc(/C=C(/CC[C@H]2OB(O)C[C@H]3C2=C(CO)C[C@H]2C(=O)N(CCCCCC(=O)O)C(=O)[C@H]23)c2ccccn2)cc(C)c1O. The summed E-state index contributed by atoms with van der Waals surface area (Å²) in [5.41, 5.74) is 5.66. The highest BCUT2D eigenvalue weighted by molar-refractivity contribution is 6.43. The van der Waals surface area contributed by atoms with E-state index in [9.17, 15) is 29.6 Å². The molecule has 1 aliphatic carbocycles. The Hall–Kier alpha value is -3.80. The fourth-order valence-corrected chi connectivity index (χ4v) is 7.31. The molecular weight excluding hydrogens is 575 g/mol. The lowest BCUT2D eigenvalue weighted by atomic mass is 9.58. The highest BCUT2D eigenvalue weighted by Gasteiger charge is 2.57. The first-order chi connectivity index (χ1) is 21.6. The molecule has 0 saturated carbocycles. The second kappa shape index (κ2) is 14.1. The number of carboxylic acid groups (broad SMARTS) is 1. The van der Waals surface area contributed by atoms with Crippen molar-refractivity contribution in [2.75, 3.05) is 13.2 Å². The number of allylic oxidation sites excluding steroid dienone is 1. The summed E-state index contributed by atoms with van der Waals surface area (Å²) in [6, 6.07) is 9.51. The number of aryl methyl sites for hydroxylation is 2. The Morgan fingerprint density at radius 3 is 2.51 bits per heavy atom. The molecule has 0 unspecified atom stereocenters. The Morgan fingerprint density at radius 2 is 1.84 bits per heavy atom. The smallest absolute Gasteiger partial charge is 0.455 e. The molecule has 4 atom stereocenters. The van der Waals surface area contributed by atoms with Crippen molar-refractivity contribution in [1.29, 1.82) is 0 Å². The maximum absolute atomic E-state index is 13.7. The Balaban J connectivity index is 1.38. The van der Waals surface area contributed by atoms with Crippen LogP contribution in [0.15, 0.2) is 47.7 Å². The van der Waals surface area contributed by atoms with Crippen molar-refractivity contribution in [2.45, 2.75) is 71.2 Å². The van der Waals surface area contributed by atoms with Gasteiger partial charge < -0.3 is 25.0 Å². The van der Waals surface area contributed by atoms with Crippen molar-refractivity contribution in [3.05, 3.63) is 70.1 Å². The predicted molar refractivity (Wildman–Crippen MR) is 169 cm³/mol. The summed E-state index contributed by atoms with van der Waals surface area (Å²) < 4.78 is 6.07. The van der Waals surface area contributed by atoms with Crippen LogP contribution in [0.4, 0.5) is 0 Å². The van der Waals surface area contributed by atoms with E-state index >= 15 is 0 Å². The van der Waals surface area contributed by atoms with Gasteiger partial charge in [-0.15, -0.1) is 0 Å². The number of aliphatic carboxylic acids is 1. The number of imide groups is 1. The third-order valence-electron chi connectivity index (χ3n) is 9.39. The van der Waals surface area contributed by atoms with Crippen molar-refractivity contribution in [3.63, 3.8) is 0 Å². The van der Waals surface area contributed by atoms with E-state index in [1.54, 1.807) is 6.20 Å². The number of unbranched alkanes of at least 4 members (excludes halogenated alkanes) is 2. The third-order valence-corrected chi connectivity index (χ3v) is 9.39. The number of carboxylic acids is 1. The van der Waals surface area contributed by atoms with Crippen LogP contribution >= 0.6 is 0 Å². The number of phenols is 1. The number of phenolic OH excluding ortho intramolecular Hbond substituents is 1. The number of pyridine rings is 1. The summed E-state index contributed by atoms with van der Waals surface area (Å²) in [5.74, 6) is -2.78. The zero-order valence-electron chi connectivity index (χ0n) is 25.8. The quantitative estimate of drug-likeness (QED) is 0.119. The summed E-state index contributed by atoms with van der Waals surface area (Å²) in [7, 11) is -1.12. The molecule has 0 bridgehead atoms. The number of aromatic hydroxyl groups is 1. The summed E-state index contributed by atoms with van der Waals surface area (Å²) in [5, 5.41) is 40.4. The van der Waals surface area contributed by atoms with Crippen LogP contribution in [-0.2, 0) is 19.0 Å². The first-order valence-electron chi connectivity index (χ1n) is 15.7. The third kappa shape index (κ3) is 7.05. The molecule has 3 aliphatic rings. The number of carbonyl (C=O) groups is 3. The second-order valence-electron chi connectivity index (χ2n) is 12.4. The lowest BCUT2D eigenvalue weighted by Gasteiger charge is -2.43. The van der Waals surface area contributed by atoms with E-state index in [4.69, 9.17) is 9.76 Å². The Kier molecular flexibility index (Phi) is 10.2. The van der Waals surface area contributed by atoms with E-state index < -0.39 is 36.9 Å². The highest BCUT2D eigenvalue weighted by Crippen LogP contribution is 2.50. The number of nitrogens with zero attached hydrogens (tertiary/aromatic N) is 2. The van der Waals surface area contributed by atoms with E-state index in [-0.39, 0.29) is 49.9 Å². The maximum Gasteiger partial charge on any atom is 0.455 e. The van der Waals surface area contributed by atoms with Gasteiger partial charge in [-0.05, 0) is 122 Å². The number of carbonyl (C=O) groups excluding carboxylic acids is 2. The molecule has 10 nitrogen and oxygen atoms in total. The van der Waals surface area contributed by atoms with Crippen LogP contribution in [0.1, 0.15) is 67.3 Å². The van der Waals surface area contributed by atoms with Crippen LogP contribution in [0.5, 0.6) is 5.75 Å². The normalized spacial score (nSPS) is 23.4. The van der Waals surface area contributed by atoms with Gasteiger partial charge in [-0.2, -0.15) is 0 Å². The summed E-state index contributed by atoms with van der Waals surface area (Å²) in [6.45, 7) is 3.67. The second-order valence-corrected chi connectivity index (χ2v) is 12.4. The Labute approximate surface area is 263 Å². The molecule has 1 aromatic carbocycles. The molecule has 2 amide bonds. The predicted octanol–water partition coefficient (Wildman–Crippen LogP) is 4.16. The first kappa shape index (κ1) is 32.6. The molecule has 2 aromatic rings. The molecule has 2 aliphatic heterocycles. The van der Waals surface area contributed by atoms with Gasteiger partial charge in [0.15, 0.2) is 0 Å². The maximum atomic E-state index is 13.7. The molecule has 2 fully saturated rings. The average Bonchev–Trinajstić information content (AvgIpc) is 3.25. The molecule has 0 spiro atoms. The van der Waals surface area contributed by atoms with Crippen molar-refractivity contribution in [1.82, 2.24) is 9.88 Å². The summed E-state index contributed by atoms with van der Waals surface area (Å²) in [4.78, 5) is 43.8. The topological polar surface area (TPSA) is 157 Å². The lowest BCUT2D eigenvalue weighted by Crippen LogP contribution is -2.46. The molecule has 0 radical (unpaired) electrons. The molecule has 5 rings (SSSR count). The van der Waals surface area contributed by atoms with Gasteiger partial charge in [-0.3, -0.25) is 24.3 Å².